The van der Waals surface area contributed by atoms with Gasteiger partial charge in [-0.05, 0) is 25.7 Å². The van der Waals surface area contributed by atoms with E-state index >= 15 is 0 Å². The second kappa shape index (κ2) is 3.56. The fraction of sp³-hybridized carbons (Fsp3) is 0.364. The number of ether oxygens (including phenoxy) is 1. The normalized spacial score (nSPS) is 15.6. The van der Waals surface area contributed by atoms with Crippen molar-refractivity contribution in [2.24, 2.45) is 5.92 Å². The molecule has 0 aliphatic heterocycles. The third kappa shape index (κ3) is 2.03. The van der Waals surface area contributed by atoms with Gasteiger partial charge in [-0.3, -0.25) is 0 Å². The molecule has 0 aromatic heterocycles. The first kappa shape index (κ1) is 9.44. The van der Waals surface area contributed by atoms with Crippen molar-refractivity contribution in [3.05, 3.63) is 36.3 Å². The van der Waals surface area contributed by atoms with Crippen LogP contribution in [-0.2, 0) is 0 Å². The fourth-order valence-corrected chi connectivity index (χ4v) is 1.16. The Kier molecular flexibility index (Phi) is 2.40. The summed E-state index contributed by atoms with van der Waals surface area (Å²) >= 11 is 0. The summed E-state index contributed by atoms with van der Waals surface area (Å²) in [5, 5.41) is 0. The van der Waals surface area contributed by atoms with Gasteiger partial charge in [0.1, 0.15) is 17.4 Å². The lowest BCUT2D eigenvalue weighted by Crippen LogP contribution is -2.00. The van der Waals surface area contributed by atoms with Crippen LogP contribution in [0.4, 0.5) is 8.78 Å². The summed E-state index contributed by atoms with van der Waals surface area (Å²) in [6.45, 7) is 3.81. The Bertz CT molecular complexity index is 322. The molecule has 0 amide bonds. The van der Waals surface area contributed by atoms with Gasteiger partial charge in [-0.1, -0.05) is 0 Å². The maximum absolute atomic E-state index is 13.0. The molecule has 0 N–H and O–H groups in total. The lowest BCUT2D eigenvalue weighted by molar-refractivity contribution is 0.296. The maximum atomic E-state index is 13.0. The smallest absolute Gasteiger partial charge is 0.133 e. The Labute approximate surface area is 81.7 Å². The maximum Gasteiger partial charge on any atom is 0.133 e. The van der Waals surface area contributed by atoms with Crippen LogP contribution >= 0.6 is 0 Å². The number of halogens is 2. The zero-order valence-corrected chi connectivity index (χ0v) is 7.72. The molecule has 2 rings (SSSR count). The van der Waals surface area contributed by atoms with Gasteiger partial charge in [0.2, 0.25) is 0 Å². The lowest BCUT2D eigenvalue weighted by Gasteiger charge is -2.06. The molecular weight excluding hydrogens is 186 g/mol. The largest absolute Gasteiger partial charge is 0.493 e. The number of hydrogen-bond donors (Lipinski definition) is 0. The SMILES string of the molecule is [CH2]c1c(F)cc(OCC2CC2)cc1F. The Morgan fingerprint density at radius 1 is 1.29 bits per heavy atom. The molecule has 0 spiro atoms. The van der Waals surface area contributed by atoms with Crippen LogP contribution in [-0.4, -0.2) is 6.61 Å². The van der Waals surface area contributed by atoms with Crippen LogP contribution in [0.3, 0.4) is 0 Å². The fourth-order valence-electron chi connectivity index (χ4n) is 1.16. The van der Waals surface area contributed by atoms with Crippen LogP contribution in [0.25, 0.3) is 0 Å². The summed E-state index contributed by atoms with van der Waals surface area (Å²) in [6, 6.07) is 2.35. The van der Waals surface area contributed by atoms with Crippen molar-refractivity contribution in [3.63, 3.8) is 0 Å². The molecule has 0 heterocycles. The van der Waals surface area contributed by atoms with Crippen molar-refractivity contribution in [2.45, 2.75) is 12.8 Å². The zero-order chi connectivity index (χ0) is 10.1. The van der Waals surface area contributed by atoms with E-state index in [0.29, 0.717) is 12.5 Å². The second-order valence-corrected chi connectivity index (χ2v) is 3.62. The van der Waals surface area contributed by atoms with Crippen LogP contribution in [0, 0.1) is 24.5 Å². The molecule has 0 atom stereocenters. The first-order valence-corrected chi connectivity index (χ1v) is 4.60. The molecule has 3 heteroatoms. The Morgan fingerprint density at radius 3 is 2.36 bits per heavy atom. The third-order valence-corrected chi connectivity index (χ3v) is 2.30. The second-order valence-electron chi connectivity index (χ2n) is 3.62. The topological polar surface area (TPSA) is 9.23 Å². The summed E-state index contributed by atoms with van der Waals surface area (Å²) in [5.41, 5.74) is -0.205. The Balaban J connectivity index is 2.08. The van der Waals surface area contributed by atoms with E-state index in [1.165, 1.54) is 12.1 Å². The van der Waals surface area contributed by atoms with E-state index < -0.39 is 11.6 Å². The van der Waals surface area contributed by atoms with Crippen molar-refractivity contribution >= 4 is 0 Å². The number of rotatable bonds is 3. The average Bonchev–Trinajstić information content (AvgIpc) is 2.94. The van der Waals surface area contributed by atoms with Crippen LogP contribution in [0.15, 0.2) is 12.1 Å². The summed E-state index contributed by atoms with van der Waals surface area (Å²) in [5.74, 6) is -0.494. The third-order valence-electron chi connectivity index (χ3n) is 2.30. The minimum absolute atomic E-state index is 0.205. The van der Waals surface area contributed by atoms with E-state index in [1.807, 2.05) is 0 Å². The zero-order valence-electron chi connectivity index (χ0n) is 7.72. The van der Waals surface area contributed by atoms with Crippen molar-refractivity contribution in [1.82, 2.24) is 0 Å². The Hall–Kier alpha value is -1.12. The molecular formula is C11H11F2O. The molecule has 0 bridgehead atoms. The highest BCUT2D eigenvalue weighted by Gasteiger charge is 2.22. The highest BCUT2D eigenvalue weighted by Crippen LogP contribution is 2.30. The van der Waals surface area contributed by atoms with Crippen LogP contribution in [0.1, 0.15) is 18.4 Å². The van der Waals surface area contributed by atoms with Gasteiger partial charge >= 0.3 is 0 Å². The quantitative estimate of drug-likeness (QED) is 0.723. The highest BCUT2D eigenvalue weighted by atomic mass is 19.1. The summed E-state index contributed by atoms with van der Waals surface area (Å²) in [6.07, 6.45) is 2.30. The van der Waals surface area contributed by atoms with Gasteiger partial charge in [0.05, 0.1) is 6.61 Å². The van der Waals surface area contributed by atoms with Crippen LogP contribution in [0.5, 0.6) is 5.75 Å². The van der Waals surface area contributed by atoms with E-state index in [9.17, 15) is 8.78 Å². The lowest BCUT2D eigenvalue weighted by atomic mass is 10.2. The van der Waals surface area contributed by atoms with Gasteiger partial charge in [-0.25, -0.2) is 8.78 Å². The molecule has 0 saturated heterocycles. The molecule has 1 fully saturated rings. The van der Waals surface area contributed by atoms with Crippen molar-refractivity contribution in [2.75, 3.05) is 6.61 Å². The van der Waals surface area contributed by atoms with Gasteiger partial charge in [-0.15, -0.1) is 0 Å². The molecule has 1 nitrogen and oxygen atoms in total. The van der Waals surface area contributed by atoms with E-state index in [2.05, 4.69) is 6.92 Å². The van der Waals surface area contributed by atoms with Gasteiger partial charge in [0.25, 0.3) is 0 Å². The summed E-state index contributed by atoms with van der Waals surface area (Å²) in [7, 11) is 0. The first-order valence-electron chi connectivity index (χ1n) is 4.60. The van der Waals surface area contributed by atoms with Gasteiger partial charge in [0, 0.05) is 17.7 Å². The van der Waals surface area contributed by atoms with E-state index in [4.69, 9.17) is 4.74 Å². The first-order chi connectivity index (χ1) is 6.66. The van der Waals surface area contributed by atoms with Gasteiger partial charge < -0.3 is 4.74 Å². The van der Waals surface area contributed by atoms with Gasteiger partial charge in [0.15, 0.2) is 0 Å². The number of benzene rings is 1. The van der Waals surface area contributed by atoms with Crippen molar-refractivity contribution in [3.8, 4) is 5.75 Å². The standard InChI is InChI=1S/C11H11F2O/c1-7-10(12)4-9(5-11(7)13)14-6-8-2-3-8/h4-5,8H,1-3,6H2. The molecule has 75 valence electrons. The minimum Gasteiger partial charge on any atom is -0.493 e. The molecule has 1 aromatic rings. The number of hydrogen-bond acceptors (Lipinski definition) is 1. The molecule has 1 radical (unpaired) electrons. The van der Waals surface area contributed by atoms with Crippen molar-refractivity contribution < 1.29 is 13.5 Å². The molecule has 0 unspecified atom stereocenters. The molecule has 1 aliphatic rings. The average molecular weight is 197 g/mol. The highest BCUT2D eigenvalue weighted by molar-refractivity contribution is 5.32. The van der Waals surface area contributed by atoms with Crippen LogP contribution in [0.2, 0.25) is 0 Å². The molecule has 1 saturated carbocycles. The van der Waals surface area contributed by atoms with Crippen molar-refractivity contribution in [1.29, 1.82) is 0 Å². The molecule has 14 heavy (non-hydrogen) atoms. The summed E-state index contributed by atoms with van der Waals surface area (Å²) in [4.78, 5) is 0. The van der Waals surface area contributed by atoms with E-state index in [0.717, 1.165) is 12.8 Å². The predicted molar refractivity (Wildman–Crippen MR) is 49.0 cm³/mol. The monoisotopic (exact) mass is 197 g/mol. The van der Waals surface area contributed by atoms with Gasteiger partial charge in [-0.2, -0.15) is 0 Å². The summed E-state index contributed by atoms with van der Waals surface area (Å²) < 4.78 is 31.2. The van der Waals surface area contributed by atoms with E-state index in [1.54, 1.807) is 0 Å². The minimum atomic E-state index is -0.657. The predicted octanol–water partition coefficient (Wildman–Crippen LogP) is 2.94. The molecule has 1 aromatic carbocycles. The molecule has 1 aliphatic carbocycles. The van der Waals surface area contributed by atoms with Crippen LogP contribution < -0.4 is 4.74 Å². The van der Waals surface area contributed by atoms with E-state index in [-0.39, 0.29) is 11.3 Å². The Morgan fingerprint density at radius 2 is 1.86 bits per heavy atom.